The Bertz CT molecular complexity index is 474. The molecule has 2 aromatic heterocycles. The molecule has 0 bridgehead atoms. The highest BCUT2D eigenvalue weighted by Gasteiger charge is 2.13. The van der Waals surface area contributed by atoms with E-state index >= 15 is 0 Å². The van der Waals surface area contributed by atoms with Crippen LogP contribution in [0.15, 0.2) is 49.1 Å². The Labute approximate surface area is 98.3 Å². The molecule has 2 heterocycles. The number of hydrogen-bond donors (Lipinski definition) is 0. The molecule has 17 heavy (non-hydrogen) atoms. The molecule has 4 heteroatoms. The van der Waals surface area contributed by atoms with E-state index in [4.69, 9.17) is 0 Å². The van der Waals surface area contributed by atoms with Gasteiger partial charge in [0, 0.05) is 35.9 Å². The predicted molar refractivity (Wildman–Crippen MR) is 61.8 cm³/mol. The van der Waals surface area contributed by atoms with Crippen molar-refractivity contribution in [2.24, 2.45) is 0 Å². The first kappa shape index (κ1) is 11.1. The summed E-state index contributed by atoms with van der Waals surface area (Å²) in [7, 11) is 0. The lowest BCUT2D eigenvalue weighted by Gasteiger charge is -2.00. The van der Waals surface area contributed by atoms with Crippen molar-refractivity contribution >= 4 is 11.6 Å². The Morgan fingerprint density at radius 3 is 2.24 bits per heavy atom. The predicted octanol–water partition coefficient (Wildman–Crippen LogP) is 1.93. The molecular formula is C13H10N2O2. The van der Waals surface area contributed by atoms with E-state index in [2.05, 4.69) is 9.97 Å². The van der Waals surface area contributed by atoms with Crippen molar-refractivity contribution in [3.05, 3.63) is 60.2 Å². The largest absolute Gasteiger partial charge is 0.294 e. The van der Waals surface area contributed by atoms with Crippen molar-refractivity contribution in [3.8, 4) is 0 Å². The zero-order valence-corrected chi connectivity index (χ0v) is 9.04. The minimum absolute atomic E-state index is 0.143. The highest BCUT2D eigenvalue weighted by Crippen LogP contribution is 2.07. The number of aromatic nitrogens is 2. The van der Waals surface area contributed by atoms with Crippen molar-refractivity contribution in [1.29, 1.82) is 0 Å². The zero-order chi connectivity index (χ0) is 12.1. The van der Waals surface area contributed by atoms with Gasteiger partial charge in [-0.25, -0.2) is 0 Å². The summed E-state index contributed by atoms with van der Waals surface area (Å²) in [6, 6.07) is 6.51. The van der Waals surface area contributed by atoms with Crippen LogP contribution in [0, 0.1) is 0 Å². The lowest BCUT2D eigenvalue weighted by Crippen LogP contribution is -2.08. The average molecular weight is 226 g/mol. The topological polar surface area (TPSA) is 59.9 Å². The van der Waals surface area contributed by atoms with E-state index < -0.39 is 0 Å². The van der Waals surface area contributed by atoms with E-state index in [-0.39, 0.29) is 18.0 Å². The van der Waals surface area contributed by atoms with E-state index in [1.807, 2.05) is 0 Å². The van der Waals surface area contributed by atoms with Crippen LogP contribution in [-0.2, 0) is 0 Å². The zero-order valence-electron chi connectivity index (χ0n) is 9.04. The van der Waals surface area contributed by atoms with Crippen molar-refractivity contribution in [2.75, 3.05) is 0 Å². The summed E-state index contributed by atoms with van der Waals surface area (Å²) < 4.78 is 0. The van der Waals surface area contributed by atoms with Gasteiger partial charge in [0.2, 0.25) is 0 Å². The summed E-state index contributed by atoms with van der Waals surface area (Å²) in [5.41, 5.74) is 0.951. The molecule has 0 radical (unpaired) electrons. The third kappa shape index (κ3) is 2.81. The van der Waals surface area contributed by atoms with Gasteiger partial charge in [-0.2, -0.15) is 0 Å². The summed E-state index contributed by atoms with van der Waals surface area (Å²) in [5.74, 6) is -0.429. The molecule has 0 amide bonds. The molecule has 0 aromatic carbocycles. The van der Waals surface area contributed by atoms with Gasteiger partial charge in [-0.1, -0.05) is 0 Å². The minimum Gasteiger partial charge on any atom is -0.294 e. The van der Waals surface area contributed by atoms with Crippen LogP contribution in [-0.4, -0.2) is 21.5 Å². The molecule has 0 aliphatic carbocycles. The van der Waals surface area contributed by atoms with Crippen LogP contribution in [0.2, 0.25) is 0 Å². The summed E-state index contributed by atoms with van der Waals surface area (Å²) in [6.07, 6.45) is 5.96. The number of carbonyl (C=O) groups excluding carboxylic acids is 2. The van der Waals surface area contributed by atoms with Crippen LogP contribution in [0.4, 0.5) is 0 Å². The van der Waals surface area contributed by atoms with E-state index in [0.29, 0.717) is 11.1 Å². The van der Waals surface area contributed by atoms with Gasteiger partial charge in [-0.15, -0.1) is 0 Å². The van der Waals surface area contributed by atoms with Crippen LogP contribution < -0.4 is 0 Å². The van der Waals surface area contributed by atoms with Crippen LogP contribution in [0.5, 0.6) is 0 Å². The molecule has 0 N–H and O–H groups in total. The second-order valence-corrected chi connectivity index (χ2v) is 3.50. The Morgan fingerprint density at radius 1 is 0.882 bits per heavy atom. The molecule has 0 saturated carbocycles. The van der Waals surface area contributed by atoms with Crippen LogP contribution in [0.3, 0.4) is 0 Å². The first-order chi connectivity index (χ1) is 8.27. The fourth-order valence-corrected chi connectivity index (χ4v) is 1.42. The SMILES string of the molecule is O=C(CC(=O)c1cccnc1)c1ccncc1. The number of nitrogens with zero attached hydrogens (tertiary/aromatic N) is 2. The highest BCUT2D eigenvalue weighted by atomic mass is 16.1. The third-order valence-corrected chi connectivity index (χ3v) is 2.31. The second kappa shape index (κ2) is 5.12. The van der Waals surface area contributed by atoms with E-state index in [1.165, 1.54) is 18.6 Å². The van der Waals surface area contributed by atoms with Gasteiger partial charge in [-0.05, 0) is 24.3 Å². The van der Waals surface area contributed by atoms with Crippen molar-refractivity contribution in [2.45, 2.75) is 6.42 Å². The first-order valence-electron chi connectivity index (χ1n) is 5.14. The number of ketones is 2. The van der Waals surface area contributed by atoms with Crippen LogP contribution in [0.25, 0.3) is 0 Å². The van der Waals surface area contributed by atoms with E-state index in [0.717, 1.165) is 0 Å². The van der Waals surface area contributed by atoms with Gasteiger partial charge in [0.25, 0.3) is 0 Å². The molecule has 4 nitrogen and oxygen atoms in total. The second-order valence-electron chi connectivity index (χ2n) is 3.50. The normalized spacial score (nSPS) is 9.88. The maximum absolute atomic E-state index is 11.8. The van der Waals surface area contributed by atoms with Crippen molar-refractivity contribution < 1.29 is 9.59 Å². The number of pyridine rings is 2. The lowest BCUT2D eigenvalue weighted by molar-refractivity contribution is 0.0894. The van der Waals surface area contributed by atoms with Gasteiger partial charge in [0.05, 0.1) is 6.42 Å². The molecule has 0 unspecified atom stereocenters. The Morgan fingerprint density at radius 2 is 1.59 bits per heavy atom. The highest BCUT2D eigenvalue weighted by molar-refractivity contribution is 6.13. The molecule has 0 aliphatic heterocycles. The fraction of sp³-hybridized carbons (Fsp3) is 0.0769. The molecule has 2 aromatic rings. The monoisotopic (exact) mass is 226 g/mol. The number of rotatable bonds is 4. The first-order valence-corrected chi connectivity index (χ1v) is 5.14. The Balaban J connectivity index is 2.08. The van der Waals surface area contributed by atoms with Crippen LogP contribution in [0.1, 0.15) is 27.1 Å². The minimum atomic E-state index is -0.222. The van der Waals surface area contributed by atoms with Gasteiger partial charge < -0.3 is 0 Å². The smallest absolute Gasteiger partial charge is 0.172 e. The van der Waals surface area contributed by atoms with Crippen molar-refractivity contribution in [1.82, 2.24) is 9.97 Å². The number of Topliss-reactive ketones (excluding diaryl/α,β-unsaturated/α-hetero) is 2. The Hall–Kier alpha value is -2.36. The molecule has 0 spiro atoms. The summed E-state index contributed by atoms with van der Waals surface area (Å²) in [6.45, 7) is 0. The summed E-state index contributed by atoms with van der Waals surface area (Å²) in [4.78, 5) is 31.2. The maximum Gasteiger partial charge on any atom is 0.172 e. The van der Waals surface area contributed by atoms with Crippen molar-refractivity contribution in [3.63, 3.8) is 0 Å². The molecule has 0 fully saturated rings. The maximum atomic E-state index is 11.8. The molecule has 0 atom stereocenters. The van der Waals surface area contributed by atoms with Gasteiger partial charge in [0.1, 0.15) is 0 Å². The van der Waals surface area contributed by atoms with Gasteiger partial charge >= 0.3 is 0 Å². The molecular weight excluding hydrogens is 216 g/mol. The lowest BCUT2D eigenvalue weighted by atomic mass is 10.0. The molecule has 84 valence electrons. The average Bonchev–Trinajstić information content (AvgIpc) is 2.40. The molecule has 0 aliphatic rings. The van der Waals surface area contributed by atoms with E-state index in [1.54, 1.807) is 30.5 Å². The summed E-state index contributed by atoms with van der Waals surface area (Å²) in [5, 5.41) is 0. The van der Waals surface area contributed by atoms with Crippen LogP contribution >= 0.6 is 0 Å². The standard InChI is InChI=1S/C13H10N2O2/c16-12(10-3-6-14-7-4-10)8-13(17)11-2-1-5-15-9-11/h1-7,9H,8H2. The van der Waals surface area contributed by atoms with Gasteiger partial charge in [0.15, 0.2) is 11.6 Å². The van der Waals surface area contributed by atoms with Gasteiger partial charge in [-0.3, -0.25) is 19.6 Å². The van der Waals surface area contributed by atoms with E-state index in [9.17, 15) is 9.59 Å². The molecule has 0 saturated heterocycles. The molecule has 2 rings (SSSR count). The summed E-state index contributed by atoms with van der Waals surface area (Å²) >= 11 is 0. The quantitative estimate of drug-likeness (QED) is 0.590. The number of carbonyl (C=O) groups is 2. The number of hydrogen-bond acceptors (Lipinski definition) is 4. The fourth-order valence-electron chi connectivity index (χ4n) is 1.42. The third-order valence-electron chi connectivity index (χ3n) is 2.31. The Kier molecular flexibility index (Phi) is 3.35.